The van der Waals surface area contributed by atoms with E-state index in [1.807, 2.05) is 69.3 Å². The van der Waals surface area contributed by atoms with Gasteiger partial charge >= 0.3 is 5.97 Å². The van der Waals surface area contributed by atoms with Gasteiger partial charge in [0.05, 0.1) is 19.3 Å². The average Bonchev–Trinajstić information content (AvgIpc) is 3.37. The Morgan fingerprint density at radius 3 is 2.55 bits per heavy atom. The number of benzene rings is 2. The number of nitrogens with zero attached hydrogens (tertiary/aromatic N) is 2. The van der Waals surface area contributed by atoms with E-state index < -0.39 is 12.1 Å². The number of methoxy groups -OCH3 is 1. The van der Waals surface area contributed by atoms with Gasteiger partial charge in [0.25, 0.3) is 5.89 Å². The Kier molecular flexibility index (Phi) is 8.60. The molecule has 8 heteroatoms. The summed E-state index contributed by atoms with van der Waals surface area (Å²) < 4.78 is 16.5. The van der Waals surface area contributed by atoms with E-state index in [4.69, 9.17) is 18.8 Å². The highest BCUT2D eigenvalue weighted by molar-refractivity contribution is 5.89. The Morgan fingerprint density at radius 2 is 1.94 bits per heavy atom. The minimum absolute atomic E-state index is 0.371. The topological polar surface area (TPSA) is 95.7 Å². The molecule has 0 saturated carbocycles. The molecule has 0 spiro atoms. The first-order chi connectivity index (χ1) is 16.0. The summed E-state index contributed by atoms with van der Waals surface area (Å²) in [5, 5.41) is 3.72. The normalized spacial score (nSPS) is 12.6. The molecule has 2 aromatic carbocycles. The van der Waals surface area contributed by atoms with Crippen LogP contribution in [0.5, 0.6) is 5.75 Å². The summed E-state index contributed by atoms with van der Waals surface area (Å²) in [4.78, 5) is 21.9. The lowest BCUT2D eigenvalue weighted by Gasteiger charge is -2.17. The Bertz CT molecular complexity index is 1060. The van der Waals surface area contributed by atoms with E-state index in [1.54, 1.807) is 0 Å². The lowest BCUT2D eigenvalue weighted by molar-refractivity contribution is -0.136. The van der Waals surface area contributed by atoms with E-state index in [9.17, 15) is 4.79 Å². The van der Waals surface area contributed by atoms with Gasteiger partial charge < -0.3 is 14.0 Å². The Hall–Kier alpha value is -3.65. The number of ether oxygens (including phenoxy) is 2. The zero-order valence-corrected chi connectivity index (χ0v) is 19.3. The predicted octanol–water partition coefficient (Wildman–Crippen LogP) is 4.47. The van der Waals surface area contributed by atoms with Crippen LogP contribution in [0.3, 0.4) is 0 Å². The fraction of sp³-hybridized carbons (Fsp3) is 0.320. The minimum atomic E-state index is -0.536. The van der Waals surface area contributed by atoms with Gasteiger partial charge in [-0.3, -0.25) is 10.3 Å². The van der Waals surface area contributed by atoms with Gasteiger partial charge in [-0.25, -0.2) is 4.79 Å². The van der Waals surface area contributed by atoms with Crippen LogP contribution in [-0.2, 0) is 20.8 Å². The van der Waals surface area contributed by atoms with Crippen LogP contribution in [0.15, 0.2) is 70.7 Å². The molecule has 174 valence electrons. The van der Waals surface area contributed by atoms with Crippen molar-refractivity contribution in [2.24, 2.45) is 0 Å². The summed E-state index contributed by atoms with van der Waals surface area (Å²) in [6.45, 7) is 6.31. The Labute approximate surface area is 193 Å². The molecule has 1 atom stereocenters. The number of aryl methyl sites for hydroxylation is 1. The van der Waals surface area contributed by atoms with Gasteiger partial charge in [0.2, 0.25) is 6.10 Å². The van der Waals surface area contributed by atoms with Gasteiger partial charge in [-0.05, 0) is 38.0 Å². The van der Waals surface area contributed by atoms with E-state index in [1.165, 1.54) is 13.4 Å². The van der Waals surface area contributed by atoms with Crippen LogP contribution < -0.4 is 10.2 Å². The van der Waals surface area contributed by atoms with Crippen molar-refractivity contribution in [3.05, 3.63) is 88.7 Å². The van der Waals surface area contributed by atoms with Crippen LogP contribution in [0.1, 0.15) is 49.0 Å². The first kappa shape index (κ1) is 24.0. The highest BCUT2D eigenvalue weighted by Crippen LogP contribution is 2.28. The molecule has 3 rings (SSSR count). The molecule has 0 aliphatic rings. The van der Waals surface area contributed by atoms with Crippen molar-refractivity contribution in [2.75, 3.05) is 13.7 Å². The lowest BCUT2D eigenvalue weighted by Crippen LogP contribution is -2.20. The minimum Gasteiger partial charge on any atom is -0.476 e. The maximum atomic E-state index is 12.4. The zero-order valence-electron chi connectivity index (χ0n) is 19.3. The summed E-state index contributed by atoms with van der Waals surface area (Å²) in [6, 6.07) is 15.5. The van der Waals surface area contributed by atoms with Crippen LogP contribution >= 0.6 is 0 Å². The van der Waals surface area contributed by atoms with Gasteiger partial charge in [-0.1, -0.05) is 54.0 Å². The molecule has 0 amide bonds. The van der Waals surface area contributed by atoms with Gasteiger partial charge in [-0.15, -0.1) is 0 Å². The lowest BCUT2D eigenvalue weighted by atomic mass is 10.0. The molecular formula is C25H29N3O5. The van der Waals surface area contributed by atoms with E-state index >= 15 is 0 Å². The molecule has 1 aromatic heterocycles. The first-order valence-corrected chi connectivity index (χ1v) is 10.8. The number of allylic oxidation sites excluding steroid dienone is 1. The molecule has 0 aliphatic carbocycles. The highest BCUT2D eigenvalue weighted by atomic mass is 16.6. The maximum Gasteiger partial charge on any atom is 0.335 e. The van der Waals surface area contributed by atoms with Crippen LogP contribution in [0.2, 0.25) is 0 Å². The number of nitrogens with one attached hydrogen (secondary N) is 1. The number of carbonyl (C=O) groups excluding carboxylic acids is 1. The number of hydrogen-bond donors (Lipinski definition) is 1. The smallest absolute Gasteiger partial charge is 0.335 e. The summed E-state index contributed by atoms with van der Waals surface area (Å²) >= 11 is 0. The molecule has 33 heavy (non-hydrogen) atoms. The predicted molar refractivity (Wildman–Crippen MR) is 122 cm³/mol. The van der Waals surface area contributed by atoms with Crippen LogP contribution in [0.25, 0.3) is 0 Å². The zero-order chi connectivity index (χ0) is 23.6. The molecular weight excluding hydrogens is 422 g/mol. The van der Waals surface area contributed by atoms with Crippen molar-refractivity contribution in [1.29, 1.82) is 0 Å². The SMILES string of the molecule is CCONC(CC)=C(Cc1ccc(OC(c2cccc(C)c2)c2ncno2)cc1)C(=O)OC. The van der Waals surface area contributed by atoms with Crippen molar-refractivity contribution in [1.82, 2.24) is 15.6 Å². The molecule has 3 aromatic rings. The van der Waals surface area contributed by atoms with Gasteiger partial charge in [0.15, 0.2) is 6.33 Å². The van der Waals surface area contributed by atoms with Gasteiger partial charge in [0, 0.05) is 17.7 Å². The van der Waals surface area contributed by atoms with Crippen LogP contribution in [-0.4, -0.2) is 29.8 Å². The van der Waals surface area contributed by atoms with Crippen molar-refractivity contribution in [3.63, 3.8) is 0 Å². The largest absolute Gasteiger partial charge is 0.476 e. The summed E-state index contributed by atoms with van der Waals surface area (Å²) in [7, 11) is 1.37. The second-order valence-electron chi connectivity index (χ2n) is 7.35. The summed E-state index contributed by atoms with van der Waals surface area (Å²) in [5.41, 5.74) is 7.02. The third-order valence-corrected chi connectivity index (χ3v) is 5.00. The quantitative estimate of drug-likeness (QED) is 0.259. The maximum absolute atomic E-state index is 12.4. The Balaban J connectivity index is 1.82. The molecule has 0 bridgehead atoms. The van der Waals surface area contributed by atoms with E-state index in [0.717, 1.165) is 16.7 Å². The van der Waals surface area contributed by atoms with E-state index in [-0.39, 0.29) is 0 Å². The average molecular weight is 452 g/mol. The van der Waals surface area contributed by atoms with E-state index in [0.29, 0.717) is 42.4 Å². The van der Waals surface area contributed by atoms with Crippen molar-refractivity contribution in [3.8, 4) is 5.75 Å². The number of rotatable bonds is 11. The fourth-order valence-corrected chi connectivity index (χ4v) is 3.35. The van der Waals surface area contributed by atoms with Gasteiger partial charge in [-0.2, -0.15) is 4.98 Å². The summed E-state index contributed by atoms with van der Waals surface area (Å²) in [5.74, 6) is 0.612. The number of hydroxylamine groups is 1. The van der Waals surface area contributed by atoms with Crippen LogP contribution in [0.4, 0.5) is 0 Å². The van der Waals surface area contributed by atoms with Gasteiger partial charge in [0.1, 0.15) is 5.75 Å². The highest BCUT2D eigenvalue weighted by Gasteiger charge is 2.22. The third kappa shape index (κ3) is 6.43. The number of aromatic nitrogens is 2. The molecule has 0 aliphatic heterocycles. The van der Waals surface area contributed by atoms with Crippen molar-refractivity contribution in [2.45, 2.75) is 39.7 Å². The molecule has 8 nitrogen and oxygen atoms in total. The third-order valence-electron chi connectivity index (χ3n) is 5.00. The van der Waals surface area contributed by atoms with Crippen molar-refractivity contribution < 1.29 is 23.6 Å². The molecule has 1 heterocycles. The summed E-state index contributed by atoms with van der Waals surface area (Å²) in [6.07, 6.45) is 1.81. The molecule has 1 N–H and O–H groups in total. The molecule has 0 saturated heterocycles. The van der Waals surface area contributed by atoms with Crippen LogP contribution in [0, 0.1) is 6.92 Å². The van der Waals surface area contributed by atoms with Crippen molar-refractivity contribution >= 4 is 5.97 Å². The Morgan fingerprint density at radius 1 is 1.15 bits per heavy atom. The standard InChI is InChI=1S/C25H29N3O5/c1-5-22(28-31-6-2)21(25(29)30-4)15-18-10-12-20(13-11-18)32-23(24-26-16-27-33-24)19-9-7-8-17(3)14-19/h7-14,16,23,28H,5-6,15H2,1-4H3. The fourth-order valence-electron chi connectivity index (χ4n) is 3.35. The second kappa shape index (κ2) is 11.8. The number of esters is 1. The molecule has 1 unspecified atom stereocenters. The molecule has 0 fully saturated rings. The first-order valence-electron chi connectivity index (χ1n) is 10.8. The number of hydrogen-bond acceptors (Lipinski definition) is 8. The second-order valence-corrected chi connectivity index (χ2v) is 7.35. The number of carbonyl (C=O) groups is 1. The molecule has 0 radical (unpaired) electrons. The van der Waals surface area contributed by atoms with E-state index in [2.05, 4.69) is 15.6 Å². The monoisotopic (exact) mass is 451 g/mol.